The zero-order valence-corrected chi connectivity index (χ0v) is 18.4. The van der Waals surface area contributed by atoms with Gasteiger partial charge in [-0.15, -0.1) is 0 Å². The molecule has 1 amide bonds. The molecular formula is C23H24BrN5O. The molecule has 1 saturated heterocycles. The van der Waals surface area contributed by atoms with Crippen molar-refractivity contribution < 1.29 is 4.79 Å². The Morgan fingerprint density at radius 3 is 2.43 bits per heavy atom. The molecule has 0 atom stereocenters. The van der Waals surface area contributed by atoms with E-state index in [1.165, 1.54) is 19.3 Å². The lowest BCUT2D eigenvalue weighted by Crippen LogP contribution is -2.31. The maximum Gasteiger partial charge on any atom is 0.255 e. The molecule has 30 heavy (non-hydrogen) atoms. The van der Waals surface area contributed by atoms with Crippen LogP contribution in [0.4, 0.5) is 23.1 Å². The molecule has 0 unspecified atom stereocenters. The van der Waals surface area contributed by atoms with Crippen molar-refractivity contribution in [1.29, 1.82) is 0 Å². The zero-order chi connectivity index (χ0) is 20.9. The van der Waals surface area contributed by atoms with E-state index in [2.05, 4.69) is 36.4 Å². The summed E-state index contributed by atoms with van der Waals surface area (Å²) in [5.41, 5.74) is 3.18. The second kappa shape index (κ2) is 9.26. The minimum atomic E-state index is -0.144. The SMILES string of the molecule is Cc1cc(Nc2ccc(NC(=O)c3cccc(Br)c3)cc2)nc(N2CCCCC2)n1. The summed E-state index contributed by atoms with van der Waals surface area (Å²) in [6, 6.07) is 16.8. The van der Waals surface area contributed by atoms with Gasteiger partial charge in [-0.3, -0.25) is 4.79 Å². The quantitative estimate of drug-likeness (QED) is 0.517. The monoisotopic (exact) mass is 465 g/mol. The Morgan fingerprint density at radius 2 is 1.70 bits per heavy atom. The van der Waals surface area contributed by atoms with E-state index in [-0.39, 0.29) is 5.91 Å². The number of aryl methyl sites for hydroxylation is 1. The summed E-state index contributed by atoms with van der Waals surface area (Å²) in [4.78, 5) is 24.0. The largest absolute Gasteiger partial charge is 0.341 e. The Balaban J connectivity index is 1.43. The van der Waals surface area contributed by atoms with Gasteiger partial charge in [0.2, 0.25) is 5.95 Å². The fourth-order valence-electron chi connectivity index (χ4n) is 3.47. The van der Waals surface area contributed by atoms with E-state index >= 15 is 0 Å². The van der Waals surface area contributed by atoms with Gasteiger partial charge in [0.1, 0.15) is 5.82 Å². The van der Waals surface area contributed by atoms with Gasteiger partial charge in [-0.25, -0.2) is 4.98 Å². The van der Waals surface area contributed by atoms with Gasteiger partial charge in [0.05, 0.1) is 0 Å². The number of halogens is 1. The van der Waals surface area contributed by atoms with Crippen LogP contribution in [-0.4, -0.2) is 29.0 Å². The average Bonchev–Trinajstić information content (AvgIpc) is 2.75. The number of rotatable bonds is 5. The summed E-state index contributed by atoms with van der Waals surface area (Å²) >= 11 is 3.39. The first kappa shape index (κ1) is 20.3. The van der Waals surface area contributed by atoms with Crippen molar-refractivity contribution in [1.82, 2.24) is 9.97 Å². The molecule has 4 rings (SSSR count). The van der Waals surface area contributed by atoms with E-state index in [1.54, 1.807) is 12.1 Å². The number of piperidine rings is 1. The van der Waals surface area contributed by atoms with Crippen LogP contribution in [0.2, 0.25) is 0 Å². The molecule has 1 fully saturated rings. The second-order valence-electron chi connectivity index (χ2n) is 7.41. The number of amides is 1. The molecule has 0 spiro atoms. The highest BCUT2D eigenvalue weighted by atomic mass is 79.9. The summed E-state index contributed by atoms with van der Waals surface area (Å²) in [5, 5.41) is 6.27. The van der Waals surface area contributed by atoms with Crippen LogP contribution in [-0.2, 0) is 0 Å². The van der Waals surface area contributed by atoms with Crippen LogP contribution < -0.4 is 15.5 Å². The summed E-state index contributed by atoms with van der Waals surface area (Å²) < 4.78 is 0.874. The lowest BCUT2D eigenvalue weighted by Gasteiger charge is -2.27. The van der Waals surface area contributed by atoms with Crippen LogP contribution in [0.25, 0.3) is 0 Å². The minimum absolute atomic E-state index is 0.144. The Morgan fingerprint density at radius 1 is 0.967 bits per heavy atom. The zero-order valence-electron chi connectivity index (χ0n) is 16.9. The molecule has 7 heteroatoms. The maximum absolute atomic E-state index is 12.4. The lowest BCUT2D eigenvalue weighted by atomic mass is 10.1. The molecule has 154 valence electrons. The number of nitrogens with one attached hydrogen (secondary N) is 2. The van der Waals surface area contributed by atoms with E-state index < -0.39 is 0 Å². The number of hydrogen-bond donors (Lipinski definition) is 2. The second-order valence-corrected chi connectivity index (χ2v) is 8.32. The standard InChI is InChI=1S/C23H24BrN5O/c1-16-14-21(28-23(25-16)29-12-3-2-4-13-29)26-19-8-10-20(11-9-19)27-22(30)17-6-5-7-18(24)15-17/h5-11,14-15H,2-4,12-13H2,1H3,(H,27,30)(H,25,26,28). The van der Waals surface area contributed by atoms with Crippen molar-refractivity contribution in [2.75, 3.05) is 28.6 Å². The van der Waals surface area contributed by atoms with Gasteiger partial charge in [-0.2, -0.15) is 4.98 Å². The molecule has 0 radical (unpaired) electrons. The van der Waals surface area contributed by atoms with Gasteiger partial charge in [-0.05, 0) is 68.7 Å². The summed E-state index contributed by atoms with van der Waals surface area (Å²) in [6.45, 7) is 4.01. The van der Waals surface area contributed by atoms with Gasteiger partial charge >= 0.3 is 0 Å². The molecule has 3 aromatic rings. The first-order chi connectivity index (χ1) is 14.6. The van der Waals surface area contributed by atoms with Crippen molar-refractivity contribution >= 4 is 45.0 Å². The third-order valence-electron chi connectivity index (χ3n) is 4.98. The lowest BCUT2D eigenvalue weighted by molar-refractivity contribution is 0.102. The maximum atomic E-state index is 12.4. The van der Waals surface area contributed by atoms with E-state index in [4.69, 9.17) is 4.98 Å². The van der Waals surface area contributed by atoms with Crippen molar-refractivity contribution in [3.8, 4) is 0 Å². The number of benzene rings is 2. The minimum Gasteiger partial charge on any atom is -0.341 e. The van der Waals surface area contributed by atoms with Crippen LogP contribution in [0.3, 0.4) is 0 Å². The van der Waals surface area contributed by atoms with Gasteiger partial charge in [0, 0.05) is 46.3 Å². The summed E-state index contributed by atoms with van der Waals surface area (Å²) in [6.07, 6.45) is 3.65. The molecule has 1 aliphatic heterocycles. The Bertz CT molecular complexity index is 1030. The first-order valence-electron chi connectivity index (χ1n) is 10.1. The van der Waals surface area contributed by atoms with E-state index in [1.807, 2.05) is 49.4 Å². The normalized spacial score (nSPS) is 13.7. The van der Waals surface area contributed by atoms with Gasteiger partial charge in [-0.1, -0.05) is 22.0 Å². The van der Waals surface area contributed by atoms with E-state index in [0.29, 0.717) is 5.56 Å². The van der Waals surface area contributed by atoms with Crippen LogP contribution in [0.5, 0.6) is 0 Å². The highest BCUT2D eigenvalue weighted by molar-refractivity contribution is 9.10. The number of nitrogens with zero attached hydrogens (tertiary/aromatic N) is 3. The molecule has 2 aromatic carbocycles. The van der Waals surface area contributed by atoms with Crippen LogP contribution in [0.15, 0.2) is 59.1 Å². The number of anilines is 4. The Hall–Kier alpha value is -2.93. The molecule has 6 nitrogen and oxygen atoms in total. The van der Waals surface area contributed by atoms with E-state index in [0.717, 1.165) is 46.4 Å². The fraction of sp³-hybridized carbons (Fsp3) is 0.261. The van der Waals surface area contributed by atoms with Crippen LogP contribution in [0.1, 0.15) is 35.3 Å². The van der Waals surface area contributed by atoms with Gasteiger partial charge in [0.25, 0.3) is 5.91 Å². The third kappa shape index (κ3) is 5.16. The predicted molar refractivity (Wildman–Crippen MR) is 125 cm³/mol. The third-order valence-corrected chi connectivity index (χ3v) is 5.48. The van der Waals surface area contributed by atoms with Crippen LogP contribution in [0, 0.1) is 6.92 Å². The van der Waals surface area contributed by atoms with Crippen LogP contribution >= 0.6 is 15.9 Å². The number of carbonyl (C=O) groups is 1. The summed E-state index contributed by atoms with van der Waals surface area (Å²) in [5.74, 6) is 1.42. The molecule has 0 bridgehead atoms. The summed E-state index contributed by atoms with van der Waals surface area (Å²) in [7, 11) is 0. The van der Waals surface area contributed by atoms with Crippen molar-refractivity contribution in [2.45, 2.75) is 26.2 Å². The van der Waals surface area contributed by atoms with E-state index in [9.17, 15) is 4.79 Å². The van der Waals surface area contributed by atoms with Gasteiger partial charge in [0.15, 0.2) is 0 Å². The number of hydrogen-bond acceptors (Lipinski definition) is 5. The molecule has 2 heterocycles. The molecule has 2 N–H and O–H groups in total. The highest BCUT2D eigenvalue weighted by Crippen LogP contribution is 2.22. The molecule has 1 aliphatic rings. The Labute approximate surface area is 184 Å². The highest BCUT2D eigenvalue weighted by Gasteiger charge is 2.15. The Kier molecular flexibility index (Phi) is 6.28. The fourth-order valence-corrected chi connectivity index (χ4v) is 3.87. The van der Waals surface area contributed by atoms with Gasteiger partial charge < -0.3 is 15.5 Å². The molecule has 0 saturated carbocycles. The molecule has 1 aromatic heterocycles. The number of aromatic nitrogens is 2. The van der Waals surface area contributed by atoms with Crippen molar-refractivity contribution in [3.05, 3.63) is 70.3 Å². The smallest absolute Gasteiger partial charge is 0.255 e. The number of carbonyl (C=O) groups excluding carboxylic acids is 1. The predicted octanol–water partition coefficient (Wildman–Crippen LogP) is 5.53. The molecular weight excluding hydrogens is 442 g/mol. The first-order valence-corrected chi connectivity index (χ1v) is 10.9. The topological polar surface area (TPSA) is 70.2 Å². The van der Waals surface area contributed by atoms with Crippen molar-refractivity contribution in [2.24, 2.45) is 0 Å². The average molecular weight is 466 g/mol. The van der Waals surface area contributed by atoms with Crippen molar-refractivity contribution in [3.63, 3.8) is 0 Å². The molecule has 0 aliphatic carbocycles.